The van der Waals surface area contributed by atoms with Gasteiger partial charge < -0.3 is 21.4 Å². The summed E-state index contributed by atoms with van der Waals surface area (Å²) in [4.78, 5) is 29.5. The monoisotopic (exact) mass is 522 g/mol. The number of benzene rings is 2. The van der Waals surface area contributed by atoms with Crippen molar-refractivity contribution in [3.63, 3.8) is 0 Å². The molecule has 2 heterocycles. The Hall–Kier alpha value is -2.77. The lowest BCUT2D eigenvalue weighted by atomic mass is 9.88. The fourth-order valence-corrected chi connectivity index (χ4v) is 5.40. The van der Waals surface area contributed by atoms with Gasteiger partial charge in [0.25, 0.3) is 5.91 Å². The number of nitrogens with one attached hydrogen (secondary N) is 1. The Morgan fingerprint density at radius 1 is 1.00 bits per heavy atom. The van der Waals surface area contributed by atoms with Crippen molar-refractivity contribution in [2.45, 2.75) is 64.7 Å². The van der Waals surface area contributed by atoms with E-state index in [0.29, 0.717) is 17.0 Å². The molecule has 37 heavy (non-hydrogen) atoms. The van der Waals surface area contributed by atoms with Crippen molar-refractivity contribution in [2.75, 3.05) is 25.4 Å². The molecule has 3 aromatic rings. The van der Waals surface area contributed by atoms with Crippen molar-refractivity contribution < 1.29 is 9.59 Å². The smallest absolute Gasteiger partial charge is 0.250 e. The third-order valence-electron chi connectivity index (χ3n) is 7.11. The lowest BCUT2D eigenvalue weighted by Gasteiger charge is -2.15. The summed E-state index contributed by atoms with van der Waals surface area (Å²) in [5, 5.41) is 1.02. The highest BCUT2D eigenvalue weighted by Gasteiger charge is 2.19. The van der Waals surface area contributed by atoms with E-state index in [1.165, 1.54) is 44.5 Å². The van der Waals surface area contributed by atoms with Gasteiger partial charge in [-0.25, -0.2) is 0 Å². The number of nitrogens with two attached hydrogens (primary N) is 2. The summed E-state index contributed by atoms with van der Waals surface area (Å²) in [6, 6.07) is 11.0. The first-order valence-electron chi connectivity index (χ1n) is 13.6. The number of aromatic amines is 1. The van der Waals surface area contributed by atoms with Crippen LogP contribution < -0.4 is 11.5 Å². The third-order valence-corrected chi connectivity index (χ3v) is 7.43. The molecule has 0 saturated carbocycles. The molecule has 7 heteroatoms. The van der Waals surface area contributed by atoms with Gasteiger partial charge in [0, 0.05) is 17.1 Å². The van der Waals surface area contributed by atoms with Crippen LogP contribution in [-0.4, -0.2) is 47.1 Å². The Bertz CT molecular complexity index is 1180. The molecule has 200 valence electrons. The van der Waals surface area contributed by atoms with Gasteiger partial charge in [-0.1, -0.05) is 38.8 Å². The van der Waals surface area contributed by atoms with E-state index in [-0.39, 0.29) is 0 Å². The Balaban J connectivity index is 0.000000356. The fraction of sp³-hybridized carbons (Fsp3) is 0.467. The van der Waals surface area contributed by atoms with E-state index in [1.54, 1.807) is 24.3 Å². The van der Waals surface area contributed by atoms with Crippen LogP contribution in [0.25, 0.3) is 22.0 Å². The Morgan fingerprint density at radius 3 is 2.30 bits per heavy atom. The zero-order chi connectivity index (χ0) is 26.8. The number of thiol groups is 1. The number of rotatable bonds is 11. The molecule has 2 amide bonds. The number of hydrogen-bond donors (Lipinski definition) is 4. The molecule has 1 aromatic heterocycles. The van der Waals surface area contributed by atoms with E-state index < -0.39 is 11.8 Å². The number of aromatic nitrogens is 1. The molecule has 0 spiro atoms. The van der Waals surface area contributed by atoms with Crippen molar-refractivity contribution >= 4 is 35.3 Å². The van der Waals surface area contributed by atoms with Crippen LogP contribution in [0, 0.1) is 0 Å². The molecule has 5 N–H and O–H groups in total. The highest BCUT2D eigenvalue weighted by atomic mass is 32.1. The number of carbonyl (C=O) groups excluding carboxylic acids is 2. The van der Waals surface area contributed by atoms with Gasteiger partial charge in [-0.2, -0.15) is 12.6 Å². The first-order chi connectivity index (χ1) is 17.9. The summed E-state index contributed by atoms with van der Waals surface area (Å²) in [5.41, 5.74) is 15.6. The first kappa shape index (κ1) is 28.8. The van der Waals surface area contributed by atoms with Crippen molar-refractivity contribution in [3.05, 3.63) is 59.3 Å². The molecule has 0 radical (unpaired) electrons. The van der Waals surface area contributed by atoms with Crippen LogP contribution in [0.3, 0.4) is 0 Å². The van der Waals surface area contributed by atoms with Gasteiger partial charge in [0.15, 0.2) is 0 Å². The molecule has 0 aliphatic carbocycles. The molecule has 0 unspecified atom stereocenters. The molecule has 1 aliphatic rings. The molecule has 0 bridgehead atoms. The van der Waals surface area contributed by atoms with E-state index in [1.807, 2.05) is 12.3 Å². The van der Waals surface area contributed by atoms with Crippen LogP contribution in [-0.2, 0) is 0 Å². The molecule has 0 atom stereocenters. The fourth-order valence-electron chi connectivity index (χ4n) is 5.26. The van der Waals surface area contributed by atoms with Crippen LogP contribution in [0.5, 0.6) is 0 Å². The van der Waals surface area contributed by atoms with Gasteiger partial charge in [0.05, 0.1) is 11.1 Å². The SMILES string of the molecule is CCCC(CCC)c1c[nH]c2c(C(N)=O)cc(-c3cccc(C(N)=O)c3)cc12.SCCCN1CCCC1. The standard InChI is InChI=1S/C23H27N3O2.C7H15NS/c1-3-6-14(7-4-2)20-13-26-21-18(20)11-17(12-19(21)23(25)28)15-8-5-9-16(10-15)22(24)27;9-7-3-6-8-4-1-2-5-8/h5,8-14,26H,3-4,6-7H2,1-2H3,(H2,24,27)(H2,25,28);9H,1-7H2. The van der Waals surface area contributed by atoms with Crippen LogP contribution in [0.1, 0.15) is 91.0 Å². The number of carbonyl (C=O) groups is 2. The lowest BCUT2D eigenvalue weighted by molar-refractivity contribution is 0.0992. The number of primary amides is 2. The summed E-state index contributed by atoms with van der Waals surface area (Å²) >= 11 is 4.17. The molecule has 1 aliphatic heterocycles. The van der Waals surface area contributed by atoms with E-state index in [9.17, 15) is 9.59 Å². The summed E-state index contributed by atoms with van der Waals surface area (Å²) in [5.74, 6) is 0.508. The second-order valence-corrected chi connectivity index (χ2v) is 10.3. The molecule has 1 fully saturated rings. The molecule has 2 aromatic carbocycles. The molecular weight excluding hydrogens is 480 g/mol. The molecule has 4 rings (SSSR count). The number of likely N-dealkylation sites (tertiary alicyclic amines) is 1. The lowest BCUT2D eigenvalue weighted by Crippen LogP contribution is -2.20. The summed E-state index contributed by atoms with van der Waals surface area (Å²) in [6.45, 7) is 8.30. The van der Waals surface area contributed by atoms with E-state index >= 15 is 0 Å². The van der Waals surface area contributed by atoms with E-state index in [2.05, 4.69) is 42.4 Å². The number of amides is 2. The highest BCUT2D eigenvalue weighted by Crippen LogP contribution is 2.36. The molecule has 1 saturated heterocycles. The van der Waals surface area contributed by atoms with Crippen molar-refractivity contribution in [1.82, 2.24) is 9.88 Å². The first-order valence-corrected chi connectivity index (χ1v) is 14.2. The summed E-state index contributed by atoms with van der Waals surface area (Å²) in [6.07, 6.45) is 10.5. The number of nitrogens with zero attached hydrogens (tertiary/aromatic N) is 1. The zero-order valence-corrected chi connectivity index (χ0v) is 23.2. The van der Waals surface area contributed by atoms with Gasteiger partial charge >= 0.3 is 0 Å². The topological polar surface area (TPSA) is 105 Å². The number of fused-ring (bicyclic) bond motifs is 1. The maximum Gasteiger partial charge on any atom is 0.250 e. The number of H-pyrrole nitrogens is 1. The predicted molar refractivity (Wildman–Crippen MR) is 157 cm³/mol. The highest BCUT2D eigenvalue weighted by molar-refractivity contribution is 7.80. The Labute approximate surface area is 226 Å². The van der Waals surface area contributed by atoms with Gasteiger partial charge in [-0.15, -0.1) is 0 Å². The average Bonchev–Trinajstić information content (AvgIpc) is 3.57. The van der Waals surface area contributed by atoms with Crippen LogP contribution in [0.2, 0.25) is 0 Å². The summed E-state index contributed by atoms with van der Waals surface area (Å²) < 4.78 is 0. The normalized spacial score (nSPS) is 13.6. The minimum Gasteiger partial charge on any atom is -0.366 e. The Kier molecular flexibility index (Phi) is 11.1. The van der Waals surface area contributed by atoms with E-state index in [0.717, 1.165) is 53.5 Å². The van der Waals surface area contributed by atoms with Crippen LogP contribution >= 0.6 is 12.6 Å². The molecular formula is C30H42N4O2S. The second kappa shape index (κ2) is 14.2. The quantitative estimate of drug-likeness (QED) is 0.228. The predicted octanol–water partition coefficient (Wildman–Crippen LogP) is 6.12. The maximum absolute atomic E-state index is 12.1. The average molecular weight is 523 g/mol. The molecule has 6 nitrogen and oxygen atoms in total. The van der Waals surface area contributed by atoms with Crippen LogP contribution in [0.15, 0.2) is 42.6 Å². The second-order valence-electron chi connectivity index (χ2n) is 9.90. The minimum atomic E-state index is -0.480. The zero-order valence-electron chi connectivity index (χ0n) is 22.3. The van der Waals surface area contributed by atoms with Crippen LogP contribution in [0.4, 0.5) is 0 Å². The van der Waals surface area contributed by atoms with Gasteiger partial charge in [0.1, 0.15) is 0 Å². The van der Waals surface area contributed by atoms with Crippen molar-refractivity contribution in [1.29, 1.82) is 0 Å². The van der Waals surface area contributed by atoms with Crippen molar-refractivity contribution in [3.8, 4) is 11.1 Å². The Morgan fingerprint density at radius 2 is 1.70 bits per heavy atom. The van der Waals surface area contributed by atoms with Crippen molar-refractivity contribution in [2.24, 2.45) is 11.5 Å². The summed E-state index contributed by atoms with van der Waals surface area (Å²) in [7, 11) is 0. The maximum atomic E-state index is 12.1. The van der Waals surface area contributed by atoms with Gasteiger partial charge in [-0.3, -0.25) is 9.59 Å². The third kappa shape index (κ3) is 7.62. The largest absolute Gasteiger partial charge is 0.366 e. The minimum absolute atomic E-state index is 0.427. The van der Waals surface area contributed by atoms with E-state index in [4.69, 9.17) is 11.5 Å². The number of hydrogen-bond acceptors (Lipinski definition) is 4. The van der Waals surface area contributed by atoms with Gasteiger partial charge in [-0.05, 0) is 104 Å². The van der Waals surface area contributed by atoms with Gasteiger partial charge in [0.2, 0.25) is 5.91 Å².